The molecule has 1 N–H and O–H groups in total. The molecule has 2 aromatic heterocycles. The zero-order chi connectivity index (χ0) is 25.9. The monoisotopic (exact) mass is 540 g/mol. The number of ether oxygens (including phenoxy) is 4. The number of nitrogens with one attached hydrogen (secondary N) is 1. The van der Waals surface area contributed by atoms with Crippen molar-refractivity contribution in [3.05, 3.63) is 53.3 Å². The van der Waals surface area contributed by atoms with Crippen molar-refractivity contribution in [1.82, 2.24) is 19.5 Å². The van der Waals surface area contributed by atoms with Crippen LogP contribution in [0.1, 0.15) is 16.7 Å². The fourth-order valence-electron chi connectivity index (χ4n) is 4.71. The maximum Gasteiger partial charge on any atom is 0.226 e. The summed E-state index contributed by atoms with van der Waals surface area (Å²) >= 11 is 0. The predicted molar refractivity (Wildman–Crippen MR) is 150 cm³/mol. The average Bonchev–Trinajstić information content (AvgIpc) is 3.31. The summed E-state index contributed by atoms with van der Waals surface area (Å²) in [7, 11) is 8.55. The van der Waals surface area contributed by atoms with Crippen LogP contribution in [0.5, 0.6) is 23.0 Å². The number of hydrogen-bond donors (Lipinski definition) is 1. The molecule has 0 atom stereocenters. The number of aryl methyl sites for hydroxylation is 1. The molecule has 5 rings (SSSR count). The molecule has 4 aromatic rings. The van der Waals surface area contributed by atoms with Gasteiger partial charge in [0.15, 0.2) is 40.0 Å². The van der Waals surface area contributed by atoms with Gasteiger partial charge in [-0.25, -0.2) is 4.98 Å². The van der Waals surface area contributed by atoms with Gasteiger partial charge in [0.2, 0.25) is 5.95 Å². The molecule has 1 aliphatic heterocycles. The van der Waals surface area contributed by atoms with E-state index in [1.165, 1.54) is 11.1 Å². The summed E-state index contributed by atoms with van der Waals surface area (Å²) < 4.78 is 23.7. The number of anilines is 2. The number of fused-ring (bicyclic) bond motifs is 2. The van der Waals surface area contributed by atoms with Gasteiger partial charge in [-0.2, -0.15) is 9.97 Å². The van der Waals surface area contributed by atoms with E-state index < -0.39 is 0 Å². The van der Waals surface area contributed by atoms with Crippen molar-refractivity contribution in [2.75, 3.05) is 51.7 Å². The van der Waals surface area contributed by atoms with E-state index in [2.05, 4.69) is 27.3 Å². The standard InChI is InChI=1S/C27H32N6O4.ClH/c1-32-16-29-24-25(32)30-27(28-10-8-17-6-7-20(34-2)21(12-17)35-3)31-26(24)33-11-9-18-13-22(36-4)23(37-5)14-19(18)15-33;/h6-7,12-14,16H,8-11,15H2,1-5H3,(H,28,30,31);1H. The van der Waals surface area contributed by atoms with Crippen molar-refractivity contribution < 1.29 is 18.9 Å². The Kier molecular flexibility index (Phi) is 8.31. The molecule has 0 radical (unpaired) electrons. The molecule has 38 heavy (non-hydrogen) atoms. The Hall–Kier alpha value is -3.92. The van der Waals surface area contributed by atoms with E-state index in [9.17, 15) is 0 Å². The van der Waals surface area contributed by atoms with Crippen molar-refractivity contribution in [1.29, 1.82) is 0 Å². The molecule has 2 aromatic carbocycles. The summed E-state index contributed by atoms with van der Waals surface area (Å²) in [6, 6.07) is 10.1. The van der Waals surface area contributed by atoms with Crippen molar-refractivity contribution in [3.63, 3.8) is 0 Å². The summed E-state index contributed by atoms with van der Waals surface area (Å²) in [6.07, 6.45) is 3.43. The lowest BCUT2D eigenvalue weighted by Crippen LogP contribution is -2.31. The Morgan fingerprint density at radius 3 is 2.26 bits per heavy atom. The molecule has 0 bridgehead atoms. The number of benzene rings is 2. The van der Waals surface area contributed by atoms with E-state index in [0.29, 0.717) is 24.8 Å². The van der Waals surface area contributed by atoms with Gasteiger partial charge in [0.25, 0.3) is 0 Å². The van der Waals surface area contributed by atoms with E-state index in [1.807, 2.05) is 29.8 Å². The highest BCUT2D eigenvalue weighted by molar-refractivity contribution is 5.85. The summed E-state index contributed by atoms with van der Waals surface area (Å²) in [5, 5.41) is 3.40. The summed E-state index contributed by atoms with van der Waals surface area (Å²) in [6.45, 7) is 2.18. The third kappa shape index (κ3) is 5.22. The molecule has 11 heteroatoms. The largest absolute Gasteiger partial charge is 0.493 e. The molecule has 0 amide bonds. The summed E-state index contributed by atoms with van der Waals surface area (Å²) in [5.41, 5.74) is 5.15. The normalized spacial score (nSPS) is 12.5. The van der Waals surface area contributed by atoms with Gasteiger partial charge in [-0.05, 0) is 53.8 Å². The minimum Gasteiger partial charge on any atom is -0.493 e. The number of rotatable bonds is 9. The molecular formula is C27H33ClN6O4. The van der Waals surface area contributed by atoms with Crippen LogP contribution in [0.15, 0.2) is 36.7 Å². The molecule has 0 fully saturated rings. The van der Waals surface area contributed by atoms with Crippen LogP contribution in [0.25, 0.3) is 11.2 Å². The Balaban J connectivity index is 0.00000336. The minimum absolute atomic E-state index is 0. The molecule has 0 saturated heterocycles. The first-order valence-electron chi connectivity index (χ1n) is 12.2. The van der Waals surface area contributed by atoms with Gasteiger partial charge in [0.1, 0.15) is 0 Å². The third-order valence-electron chi connectivity index (χ3n) is 6.70. The quantitative estimate of drug-likeness (QED) is 0.337. The SMILES string of the molecule is COc1ccc(CCNc2nc(N3CCc4cc(OC)c(OC)cc4C3)c3ncn(C)c3n2)cc1OC.Cl. The van der Waals surface area contributed by atoms with Crippen LogP contribution in [-0.4, -0.2) is 61.0 Å². The van der Waals surface area contributed by atoms with Crippen LogP contribution < -0.4 is 29.2 Å². The lowest BCUT2D eigenvalue weighted by Gasteiger charge is -2.30. The van der Waals surface area contributed by atoms with Gasteiger partial charge in [-0.1, -0.05) is 6.07 Å². The van der Waals surface area contributed by atoms with Gasteiger partial charge in [-0.3, -0.25) is 0 Å². The Morgan fingerprint density at radius 1 is 0.868 bits per heavy atom. The first-order valence-corrected chi connectivity index (χ1v) is 12.2. The van der Waals surface area contributed by atoms with Crippen molar-refractivity contribution in [2.45, 2.75) is 19.4 Å². The second-order valence-corrected chi connectivity index (χ2v) is 8.91. The number of halogens is 1. The summed E-state index contributed by atoms with van der Waals surface area (Å²) in [4.78, 5) is 16.5. The van der Waals surface area contributed by atoms with Gasteiger partial charge >= 0.3 is 0 Å². The second-order valence-electron chi connectivity index (χ2n) is 8.91. The van der Waals surface area contributed by atoms with E-state index in [0.717, 1.165) is 59.2 Å². The molecule has 0 unspecified atom stereocenters. The van der Waals surface area contributed by atoms with E-state index in [1.54, 1.807) is 34.8 Å². The summed E-state index contributed by atoms with van der Waals surface area (Å²) in [5.74, 6) is 4.31. The average molecular weight is 541 g/mol. The first-order chi connectivity index (χ1) is 18.0. The highest BCUT2D eigenvalue weighted by Crippen LogP contribution is 2.35. The zero-order valence-electron chi connectivity index (χ0n) is 22.3. The van der Waals surface area contributed by atoms with Crippen LogP contribution in [0.2, 0.25) is 0 Å². The van der Waals surface area contributed by atoms with Crippen LogP contribution in [0.4, 0.5) is 11.8 Å². The first kappa shape index (κ1) is 27.1. The van der Waals surface area contributed by atoms with Crippen LogP contribution in [0, 0.1) is 0 Å². The highest BCUT2D eigenvalue weighted by atomic mass is 35.5. The van der Waals surface area contributed by atoms with Crippen LogP contribution in [0.3, 0.4) is 0 Å². The molecule has 3 heterocycles. The predicted octanol–water partition coefficient (Wildman–Crippen LogP) is 4.04. The number of imidazole rings is 1. The fraction of sp³-hybridized carbons (Fsp3) is 0.370. The van der Waals surface area contributed by atoms with Crippen LogP contribution in [-0.2, 0) is 26.4 Å². The highest BCUT2D eigenvalue weighted by Gasteiger charge is 2.24. The van der Waals surface area contributed by atoms with E-state index in [4.69, 9.17) is 28.9 Å². The van der Waals surface area contributed by atoms with Gasteiger partial charge in [0, 0.05) is 26.7 Å². The Bertz CT molecular complexity index is 1430. The molecule has 0 saturated carbocycles. The third-order valence-corrected chi connectivity index (χ3v) is 6.70. The second kappa shape index (κ2) is 11.6. The maximum atomic E-state index is 5.53. The maximum absolute atomic E-state index is 5.53. The minimum atomic E-state index is 0. The molecule has 1 aliphatic rings. The number of aromatic nitrogens is 4. The van der Waals surface area contributed by atoms with E-state index in [-0.39, 0.29) is 12.4 Å². The molecule has 0 aliphatic carbocycles. The van der Waals surface area contributed by atoms with E-state index >= 15 is 0 Å². The Labute approximate surface area is 228 Å². The smallest absolute Gasteiger partial charge is 0.226 e. The zero-order valence-corrected chi connectivity index (χ0v) is 23.1. The van der Waals surface area contributed by atoms with Gasteiger partial charge in [0.05, 0.1) is 34.8 Å². The number of nitrogens with zero attached hydrogens (tertiary/aromatic N) is 5. The van der Waals surface area contributed by atoms with Crippen LogP contribution >= 0.6 is 12.4 Å². The fourth-order valence-corrected chi connectivity index (χ4v) is 4.71. The van der Waals surface area contributed by atoms with Gasteiger partial charge in [-0.15, -0.1) is 12.4 Å². The molecule has 202 valence electrons. The van der Waals surface area contributed by atoms with Crippen molar-refractivity contribution in [3.8, 4) is 23.0 Å². The molecular weight excluding hydrogens is 508 g/mol. The lowest BCUT2D eigenvalue weighted by molar-refractivity contribution is 0.353. The topological polar surface area (TPSA) is 95.8 Å². The van der Waals surface area contributed by atoms with Crippen molar-refractivity contribution in [2.24, 2.45) is 7.05 Å². The number of methoxy groups -OCH3 is 4. The number of hydrogen-bond acceptors (Lipinski definition) is 9. The van der Waals surface area contributed by atoms with Crippen molar-refractivity contribution >= 4 is 35.3 Å². The molecule has 10 nitrogen and oxygen atoms in total. The Morgan fingerprint density at radius 2 is 1.55 bits per heavy atom. The van der Waals surface area contributed by atoms with Gasteiger partial charge < -0.3 is 33.7 Å². The lowest BCUT2D eigenvalue weighted by atomic mass is 9.98. The molecule has 0 spiro atoms.